The van der Waals surface area contributed by atoms with Crippen LogP contribution in [0, 0.1) is 5.82 Å². The molecular weight excluding hydrogens is 547 g/mol. The van der Waals surface area contributed by atoms with Gasteiger partial charge in [0.25, 0.3) is 5.91 Å². The molecule has 0 saturated carbocycles. The largest absolute Gasteiger partial charge is 0.490 e. The molecule has 1 saturated heterocycles. The SMILES string of the molecule is CCOc1cc(/C=C2/NC(=O)N(Cc3ccc(F)cc3)C2=O)cc(Br)c1OCc1cccc(C(=O)O)c1. The predicted octanol–water partition coefficient (Wildman–Crippen LogP) is 5.36. The molecule has 2 N–H and O–H groups in total. The van der Waals surface area contributed by atoms with Crippen LogP contribution in [-0.2, 0) is 17.9 Å². The molecule has 0 aliphatic carbocycles. The van der Waals surface area contributed by atoms with Crippen molar-refractivity contribution in [1.29, 1.82) is 0 Å². The quantitative estimate of drug-likeness (QED) is 0.266. The first-order valence-electron chi connectivity index (χ1n) is 11.3. The molecule has 0 unspecified atom stereocenters. The Kier molecular flexibility index (Phi) is 7.88. The fourth-order valence-corrected chi connectivity index (χ4v) is 4.25. The lowest BCUT2D eigenvalue weighted by molar-refractivity contribution is -0.123. The van der Waals surface area contributed by atoms with Gasteiger partial charge in [0.15, 0.2) is 11.5 Å². The number of carboxylic acid groups (broad SMARTS) is 1. The number of benzene rings is 3. The highest BCUT2D eigenvalue weighted by atomic mass is 79.9. The van der Waals surface area contributed by atoms with E-state index in [0.29, 0.717) is 39.3 Å². The number of halogens is 2. The topological polar surface area (TPSA) is 105 Å². The van der Waals surface area contributed by atoms with Gasteiger partial charge in [-0.3, -0.25) is 9.69 Å². The Morgan fingerprint density at radius 1 is 1.08 bits per heavy atom. The minimum atomic E-state index is -1.03. The normalized spacial score (nSPS) is 14.1. The van der Waals surface area contributed by atoms with Crippen LogP contribution in [0.2, 0.25) is 0 Å². The van der Waals surface area contributed by atoms with Crippen molar-refractivity contribution in [3.05, 3.63) is 98.9 Å². The highest BCUT2D eigenvalue weighted by molar-refractivity contribution is 9.10. The van der Waals surface area contributed by atoms with Crippen molar-refractivity contribution in [2.75, 3.05) is 6.61 Å². The Hall–Kier alpha value is -4.18. The van der Waals surface area contributed by atoms with E-state index < -0.39 is 23.7 Å². The molecule has 10 heteroatoms. The summed E-state index contributed by atoms with van der Waals surface area (Å²) in [6, 6.07) is 14.8. The third kappa shape index (κ3) is 6.15. The standard InChI is InChI=1S/C27H22BrFN2O6/c1-2-36-23-13-18(11-21(28)24(23)37-15-17-4-3-5-19(10-17)26(33)34)12-22-25(32)31(27(35)30-22)14-16-6-8-20(29)9-7-16/h3-13H,2,14-15H2,1H3,(H,30,35)(H,33,34)/b22-12+. The zero-order chi connectivity index (χ0) is 26.5. The Bertz CT molecular complexity index is 1390. The maximum Gasteiger partial charge on any atom is 0.335 e. The number of hydrogen-bond donors (Lipinski definition) is 2. The molecule has 0 spiro atoms. The Balaban J connectivity index is 1.54. The van der Waals surface area contributed by atoms with Crippen LogP contribution < -0.4 is 14.8 Å². The van der Waals surface area contributed by atoms with Crippen molar-refractivity contribution < 1.29 is 33.4 Å². The van der Waals surface area contributed by atoms with Crippen LogP contribution in [0.4, 0.5) is 9.18 Å². The molecule has 0 bridgehead atoms. The van der Waals surface area contributed by atoms with Crippen molar-refractivity contribution in [2.24, 2.45) is 0 Å². The molecule has 0 radical (unpaired) electrons. The lowest BCUT2D eigenvalue weighted by Gasteiger charge is -2.15. The number of amides is 3. The molecule has 3 aromatic rings. The maximum absolute atomic E-state index is 13.2. The van der Waals surface area contributed by atoms with Crippen molar-refractivity contribution in [3.63, 3.8) is 0 Å². The summed E-state index contributed by atoms with van der Waals surface area (Å²) in [4.78, 5) is 37.6. The molecule has 8 nitrogen and oxygen atoms in total. The van der Waals surface area contributed by atoms with E-state index in [1.165, 1.54) is 42.5 Å². The van der Waals surface area contributed by atoms with Crippen LogP contribution in [-0.4, -0.2) is 34.5 Å². The lowest BCUT2D eigenvalue weighted by atomic mass is 10.1. The van der Waals surface area contributed by atoms with E-state index in [2.05, 4.69) is 21.2 Å². The number of hydrogen-bond acceptors (Lipinski definition) is 5. The van der Waals surface area contributed by atoms with E-state index in [9.17, 15) is 23.9 Å². The van der Waals surface area contributed by atoms with Gasteiger partial charge in [0.2, 0.25) is 0 Å². The molecule has 0 aromatic heterocycles. The predicted molar refractivity (Wildman–Crippen MR) is 137 cm³/mol. The minimum Gasteiger partial charge on any atom is -0.490 e. The lowest BCUT2D eigenvalue weighted by Crippen LogP contribution is -2.30. The van der Waals surface area contributed by atoms with Crippen LogP contribution >= 0.6 is 15.9 Å². The summed E-state index contributed by atoms with van der Waals surface area (Å²) in [7, 11) is 0. The van der Waals surface area contributed by atoms with Gasteiger partial charge in [0.05, 0.1) is 23.2 Å². The van der Waals surface area contributed by atoms with Crippen LogP contribution in [0.15, 0.2) is 70.8 Å². The maximum atomic E-state index is 13.2. The fraction of sp³-hybridized carbons (Fsp3) is 0.148. The third-order valence-electron chi connectivity index (χ3n) is 5.42. The second kappa shape index (κ2) is 11.3. The summed E-state index contributed by atoms with van der Waals surface area (Å²) in [5, 5.41) is 11.8. The fourth-order valence-electron chi connectivity index (χ4n) is 3.68. The van der Waals surface area contributed by atoms with E-state index >= 15 is 0 Å². The first-order chi connectivity index (χ1) is 17.7. The van der Waals surface area contributed by atoms with E-state index in [1.807, 2.05) is 6.92 Å². The van der Waals surface area contributed by atoms with Gasteiger partial charge in [-0.25, -0.2) is 14.0 Å². The number of carbonyl (C=O) groups excluding carboxylic acids is 2. The summed E-state index contributed by atoms with van der Waals surface area (Å²) in [5.41, 5.74) is 2.09. The van der Waals surface area contributed by atoms with Crippen LogP contribution in [0.25, 0.3) is 6.08 Å². The van der Waals surface area contributed by atoms with Crippen molar-refractivity contribution >= 4 is 39.9 Å². The van der Waals surface area contributed by atoms with Crippen LogP contribution in [0.1, 0.15) is 34.0 Å². The molecule has 1 fully saturated rings. The number of rotatable bonds is 9. The Morgan fingerprint density at radius 3 is 2.54 bits per heavy atom. The number of imide groups is 1. The summed E-state index contributed by atoms with van der Waals surface area (Å²) in [6.45, 7) is 2.27. The summed E-state index contributed by atoms with van der Waals surface area (Å²) in [5.74, 6) is -1.14. The molecule has 3 aromatic carbocycles. The van der Waals surface area contributed by atoms with Crippen molar-refractivity contribution in [2.45, 2.75) is 20.1 Å². The van der Waals surface area contributed by atoms with Crippen molar-refractivity contribution in [1.82, 2.24) is 10.2 Å². The van der Waals surface area contributed by atoms with E-state index in [1.54, 1.807) is 24.3 Å². The molecule has 1 aliphatic rings. The van der Waals surface area contributed by atoms with Crippen molar-refractivity contribution in [3.8, 4) is 11.5 Å². The molecule has 190 valence electrons. The first-order valence-corrected chi connectivity index (χ1v) is 12.0. The Labute approximate surface area is 220 Å². The average Bonchev–Trinajstić information content (AvgIpc) is 3.12. The molecule has 3 amide bonds. The first kappa shape index (κ1) is 25.9. The zero-order valence-corrected chi connectivity index (χ0v) is 21.2. The van der Waals surface area contributed by atoms with Crippen LogP contribution in [0.3, 0.4) is 0 Å². The molecule has 1 heterocycles. The van der Waals surface area contributed by atoms with E-state index in [0.717, 1.165) is 4.90 Å². The van der Waals surface area contributed by atoms with Gasteiger partial charge < -0.3 is 19.9 Å². The number of carboxylic acids is 1. The molecule has 1 aliphatic heterocycles. The molecular formula is C27H22BrFN2O6. The van der Waals surface area contributed by atoms with Gasteiger partial charge >= 0.3 is 12.0 Å². The smallest absolute Gasteiger partial charge is 0.335 e. The summed E-state index contributed by atoms with van der Waals surface area (Å²) in [6.07, 6.45) is 1.53. The number of ether oxygens (including phenoxy) is 2. The molecule has 4 rings (SSSR count). The highest BCUT2D eigenvalue weighted by Crippen LogP contribution is 2.38. The van der Waals surface area contributed by atoms with Gasteiger partial charge in [-0.05, 0) is 82.0 Å². The van der Waals surface area contributed by atoms with Crippen LogP contribution in [0.5, 0.6) is 11.5 Å². The van der Waals surface area contributed by atoms with Gasteiger partial charge in [-0.2, -0.15) is 0 Å². The number of nitrogens with zero attached hydrogens (tertiary/aromatic N) is 1. The number of aromatic carboxylic acids is 1. The molecule has 0 atom stereocenters. The number of nitrogens with one attached hydrogen (secondary N) is 1. The monoisotopic (exact) mass is 568 g/mol. The minimum absolute atomic E-state index is 0.00599. The third-order valence-corrected chi connectivity index (χ3v) is 6.01. The highest BCUT2D eigenvalue weighted by Gasteiger charge is 2.33. The van der Waals surface area contributed by atoms with Gasteiger partial charge in [-0.15, -0.1) is 0 Å². The summed E-state index contributed by atoms with van der Waals surface area (Å²) >= 11 is 3.48. The molecule has 37 heavy (non-hydrogen) atoms. The number of urea groups is 1. The van der Waals surface area contributed by atoms with E-state index in [-0.39, 0.29) is 24.4 Å². The second-order valence-electron chi connectivity index (χ2n) is 8.06. The Morgan fingerprint density at radius 2 is 1.84 bits per heavy atom. The second-order valence-corrected chi connectivity index (χ2v) is 8.92. The van der Waals surface area contributed by atoms with E-state index in [4.69, 9.17) is 9.47 Å². The zero-order valence-electron chi connectivity index (χ0n) is 19.7. The number of carbonyl (C=O) groups is 3. The van der Waals surface area contributed by atoms with Gasteiger partial charge in [0, 0.05) is 0 Å². The van der Waals surface area contributed by atoms with Gasteiger partial charge in [0.1, 0.15) is 18.1 Å². The average molecular weight is 569 g/mol. The summed E-state index contributed by atoms with van der Waals surface area (Å²) < 4.78 is 25.4. The van der Waals surface area contributed by atoms with Gasteiger partial charge in [-0.1, -0.05) is 24.3 Å².